The van der Waals surface area contributed by atoms with Crippen LogP contribution in [0.3, 0.4) is 0 Å². The first-order valence-electron chi connectivity index (χ1n) is 5.16. The molecule has 0 amide bonds. The van der Waals surface area contributed by atoms with Crippen LogP contribution in [0.4, 0.5) is 4.39 Å². The molecule has 88 valence electrons. The summed E-state index contributed by atoms with van der Waals surface area (Å²) in [5.41, 5.74) is 2.10. The number of aromatic carboxylic acids is 1. The van der Waals surface area contributed by atoms with Gasteiger partial charge in [0.2, 0.25) is 0 Å². The van der Waals surface area contributed by atoms with Crippen molar-refractivity contribution in [2.75, 3.05) is 0 Å². The van der Waals surface area contributed by atoms with E-state index in [9.17, 15) is 9.18 Å². The summed E-state index contributed by atoms with van der Waals surface area (Å²) >= 11 is 0. The zero-order valence-corrected chi connectivity index (χ0v) is 9.57. The van der Waals surface area contributed by atoms with Crippen LogP contribution in [0, 0.1) is 12.7 Å². The lowest BCUT2D eigenvalue weighted by Crippen LogP contribution is -2.05. The van der Waals surface area contributed by atoms with Crippen LogP contribution in [0.15, 0.2) is 30.3 Å². The van der Waals surface area contributed by atoms with Crippen LogP contribution in [0.5, 0.6) is 0 Å². The molecule has 2 aromatic rings. The zero-order chi connectivity index (χ0) is 12.6. The number of nitrogens with zero attached hydrogens (tertiary/aromatic N) is 1. The Morgan fingerprint density at radius 2 is 2.00 bits per heavy atom. The van der Waals surface area contributed by atoms with Gasteiger partial charge in [-0.15, -0.1) is 0 Å². The van der Waals surface area contributed by atoms with E-state index >= 15 is 0 Å². The first-order valence-corrected chi connectivity index (χ1v) is 5.16. The van der Waals surface area contributed by atoms with Crippen molar-refractivity contribution in [2.24, 2.45) is 7.05 Å². The Morgan fingerprint density at radius 3 is 2.53 bits per heavy atom. The number of halogens is 1. The predicted molar refractivity (Wildman–Crippen MR) is 62.5 cm³/mol. The fraction of sp³-hybridized carbons (Fsp3) is 0.154. The standard InChI is InChI=1S/C13H12FNO2/c1-8-3-4-9(7-10(8)14)11-5-6-12(13(16)17)15(11)2/h3-7H,1-2H3,(H,16,17). The van der Waals surface area contributed by atoms with Crippen molar-refractivity contribution >= 4 is 5.97 Å². The van der Waals surface area contributed by atoms with Gasteiger partial charge in [-0.3, -0.25) is 0 Å². The lowest BCUT2D eigenvalue weighted by Gasteiger charge is -2.06. The second-order valence-electron chi connectivity index (χ2n) is 3.93. The zero-order valence-electron chi connectivity index (χ0n) is 9.57. The Labute approximate surface area is 98.1 Å². The molecule has 1 heterocycles. The van der Waals surface area contributed by atoms with Gasteiger partial charge in [-0.25, -0.2) is 9.18 Å². The van der Waals surface area contributed by atoms with Crippen LogP contribution < -0.4 is 0 Å². The van der Waals surface area contributed by atoms with Gasteiger partial charge in [-0.1, -0.05) is 12.1 Å². The van der Waals surface area contributed by atoms with E-state index in [-0.39, 0.29) is 11.5 Å². The topological polar surface area (TPSA) is 42.2 Å². The third-order valence-electron chi connectivity index (χ3n) is 2.81. The van der Waals surface area contributed by atoms with E-state index in [0.29, 0.717) is 16.8 Å². The van der Waals surface area contributed by atoms with Crippen molar-refractivity contribution in [1.82, 2.24) is 4.57 Å². The molecule has 0 atom stereocenters. The highest BCUT2D eigenvalue weighted by atomic mass is 19.1. The Kier molecular flexibility index (Phi) is 2.71. The molecule has 0 aliphatic heterocycles. The highest BCUT2D eigenvalue weighted by Crippen LogP contribution is 2.23. The third kappa shape index (κ3) is 1.93. The number of aromatic nitrogens is 1. The van der Waals surface area contributed by atoms with E-state index in [1.54, 1.807) is 32.2 Å². The van der Waals surface area contributed by atoms with Crippen LogP contribution in [0.25, 0.3) is 11.3 Å². The normalized spacial score (nSPS) is 10.5. The Balaban J connectivity index is 2.53. The fourth-order valence-corrected chi connectivity index (χ4v) is 1.77. The van der Waals surface area contributed by atoms with Crippen LogP contribution in [0.2, 0.25) is 0 Å². The molecule has 0 fully saturated rings. The molecule has 3 nitrogen and oxygen atoms in total. The smallest absolute Gasteiger partial charge is 0.352 e. The third-order valence-corrected chi connectivity index (χ3v) is 2.81. The van der Waals surface area contributed by atoms with E-state index in [2.05, 4.69) is 0 Å². The maximum Gasteiger partial charge on any atom is 0.352 e. The van der Waals surface area contributed by atoms with E-state index in [1.165, 1.54) is 16.7 Å². The van der Waals surface area contributed by atoms with Gasteiger partial charge in [0.1, 0.15) is 11.5 Å². The molecule has 4 heteroatoms. The lowest BCUT2D eigenvalue weighted by atomic mass is 10.1. The Hall–Kier alpha value is -2.10. The highest BCUT2D eigenvalue weighted by Gasteiger charge is 2.12. The van der Waals surface area contributed by atoms with Gasteiger partial charge in [0.15, 0.2) is 0 Å². The summed E-state index contributed by atoms with van der Waals surface area (Å²) in [5.74, 6) is -1.29. The van der Waals surface area contributed by atoms with Crippen LogP contribution in [-0.2, 0) is 7.05 Å². The fourth-order valence-electron chi connectivity index (χ4n) is 1.77. The average molecular weight is 233 g/mol. The molecule has 0 saturated carbocycles. The number of hydrogen-bond acceptors (Lipinski definition) is 1. The van der Waals surface area contributed by atoms with Crippen LogP contribution in [0.1, 0.15) is 16.1 Å². The van der Waals surface area contributed by atoms with Crippen molar-refractivity contribution in [3.63, 3.8) is 0 Å². The molecular formula is C13H12FNO2. The van der Waals surface area contributed by atoms with E-state index in [4.69, 9.17) is 5.11 Å². The van der Waals surface area contributed by atoms with Gasteiger partial charge in [0.25, 0.3) is 0 Å². The molecule has 0 unspecified atom stereocenters. The minimum atomic E-state index is -0.994. The molecule has 0 aliphatic carbocycles. The largest absolute Gasteiger partial charge is 0.477 e. The molecule has 1 aromatic carbocycles. The SMILES string of the molecule is Cc1ccc(-c2ccc(C(=O)O)n2C)cc1F. The lowest BCUT2D eigenvalue weighted by molar-refractivity contribution is 0.0687. The molecule has 2 rings (SSSR count). The summed E-state index contributed by atoms with van der Waals surface area (Å²) in [7, 11) is 1.65. The molecule has 0 spiro atoms. The molecular weight excluding hydrogens is 221 g/mol. The predicted octanol–water partition coefficient (Wildman–Crippen LogP) is 2.84. The minimum absolute atomic E-state index is 0.181. The quantitative estimate of drug-likeness (QED) is 0.866. The van der Waals surface area contributed by atoms with Crippen molar-refractivity contribution in [1.29, 1.82) is 0 Å². The Bertz CT molecular complexity index is 587. The molecule has 0 radical (unpaired) electrons. The first kappa shape index (κ1) is 11.4. The monoisotopic (exact) mass is 233 g/mol. The van der Waals surface area contributed by atoms with Crippen molar-refractivity contribution in [3.05, 3.63) is 47.4 Å². The van der Waals surface area contributed by atoms with Gasteiger partial charge in [0.05, 0.1) is 0 Å². The van der Waals surface area contributed by atoms with E-state index in [1.807, 2.05) is 0 Å². The summed E-state index contributed by atoms with van der Waals surface area (Å²) in [6, 6.07) is 8.05. The molecule has 17 heavy (non-hydrogen) atoms. The first-order chi connectivity index (χ1) is 8.00. The summed E-state index contributed by atoms with van der Waals surface area (Å²) in [5, 5.41) is 8.93. The summed E-state index contributed by atoms with van der Waals surface area (Å²) in [6.45, 7) is 1.69. The number of aryl methyl sites for hydroxylation is 1. The number of benzene rings is 1. The maximum absolute atomic E-state index is 13.4. The average Bonchev–Trinajstić information content (AvgIpc) is 2.64. The number of rotatable bonds is 2. The van der Waals surface area contributed by atoms with Crippen LogP contribution in [-0.4, -0.2) is 15.6 Å². The van der Waals surface area contributed by atoms with Crippen molar-refractivity contribution in [3.8, 4) is 11.3 Å². The number of carboxylic acid groups (broad SMARTS) is 1. The van der Waals surface area contributed by atoms with Gasteiger partial charge in [-0.05, 0) is 30.7 Å². The van der Waals surface area contributed by atoms with Gasteiger partial charge < -0.3 is 9.67 Å². The van der Waals surface area contributed by atoms with Crippen molar-refractivity contribution in [2.45, 2.75) is 6.92 Å². The Morgan fingerprint density at radius 1 is 1.29 bits per heavy atom. The van der Waals surface area contributed by atoms with E-state index < -0.39 is 5.97 Å². The number of carboxylic acids is 1. The molecule has 1 N–H and O–H groups in total. The van der Waals surface area contributed by atoms with E-state index in [0.717, 1.165) is 0 Å². The van der Waals surface area contributed by atoms with Gasteiger partial charge >= 0.3 is 5.97 Å². The highest BCUT2D eigenvalue weighted by molar-refractivity contribution is 5.87. The summed E-state index contributed by atoms with van der Waals surface area (Å²) < 4.78 is 15.0. The minimum Gasteiger partial charge on any atom is -0.477 e. The summed E-state index contributed by atoms with van der Waals surface area (Å²) in [6.07, 6.45) is 0. The maximum atomic E-state index is 13.4. The van der Waals surface area contributed by atoms with Gasteiger partial charge in [-0.2, -0.15) is 0 Å². The van der Waals surface area contributed by atoms with Gasteiger partial charge in [0, 0.05) is 18.3 Å². The molecule has 1 aromatic heterocycles. The number of carbonyl (C=O) groups is 1. The molecule has 0 bridgehead atoms. The van der Waals surface area contributed by atoms with Crippen molar-refractivity contribution < 1.29 is 14.3 Å². The number of hydrogen-bond donors (Lipinski definition) is 1. The summed E-state index contributed by atoms with van der Waals surface area (Å²) in [4.78, 5) is 10.9. The second-order valence-corrected chi connectivity index (χ2v) is 3.93. The molecule has 0 saturated heterocycles. The van der Waals surface area contributed by atoms with Crippen LogP contribution >= 0.6 is 0 Å². The second kappa shape index (κ2) is 4.05. The molecule has 0 aliphatic rings.